The topological polar surface area (TPSA) is 77.2 Å². The molecule has 0 aliphatic rings. The minimum absolute atomic E-state index is 0.0781. The van der Waals surface area contributed by atoms with Crippen LogP contribution in [0.5, 0.6) is 5.75 Å². The number of carbonyl (C=O) groups is 1. The second-order valence-electron chi connectivity index (χ2n) is 10.9. The number of hydrogen-bond donors (Lipinski definition) is 1. The second kappa shape index (κ2) is 13.8. The van der Waals surface area contributed by atoms with Gasteiger partial charge in [0.05, 0.1) is 6.61 Å². The summed E-state index contributed by atoms with van der Waals surface area (Å²) < 4.78 is 5.40. The van der Waals surface area contributed by atoms with Gasteiger partial charge in [-0.3, -0.25) is 4.79 Å². The van der Waals surface area contributed by atoms with Crippen LogP contribution in [0.1, 0.15) is 96.6 Å². The number of unbranched alkanes of at least 4 members (excludes halogenated alkanes) is 6. The number of aromatic nitrogens is 3. The third-order valence-corrected chi connectivity index (χ3v) is 7.49. The van der Waals surface area contributed by atoms with Gasteiger partial charge in [0.1, 0.15) is 22.5 Å². The highest BCUT2D eigenvalue weighted by Crippen LogP contribution is 2.36. The number of aromatic hydroxyl groups is 1. The van der Waals surface area contributed by atoms with Crippen molar-refractivity contribution in [3.63, 3.8) is 0 Å². The first kappa shape index (κ1) is 29.0. The van der Waals surface area contributed by atoms with Crippen molar-refractivity contribution in [3.05, 3.63) is 41.5 Å². The molecule has 1 aromatic heterocycles. The fraction of sp³-hybridized carbons (Fsp3) is 0.567. The first-order chi connectivity index (χ1) is 17.7. The number of phenols is 1. The van der Waals surface area contributed by atoms with Crippen LogP contribution in [0.25, 0.3) is 16.7 Å². The van der Waals surface area contributed by atoms with Gasteiger partial charge in [-0.1, -0.05) is 72.3 Å². The zero-order valence-electron chi connectivity index (χ0n) is 23.2. The lowest BCUT2D eigenvalue weighted by atomic mass is 9.85. The first-order valence-corrected chi connectivity index (χ1v) is 14.7. The Morgan fingerprint density at radius 3 is 2.41 bits per heavy atom. The number of ether oxygens (including phenoxy) is 1. The monoisotopic (exact) mass is 525 g/mol. The van der Waals surface area contributed by atoms with Gasteiger partial charge in [-0.25, -0.2) is 0 Å². The minimum Gasteiger partial charge on any atom is -0.505 e. The molecule has 3 aromatic rings. The average molecular weight is 526 g/mol. The highest BCUT2D eigenvalue weighted by Gasteiger charge is 2.22. The van der Waals surface area contributed by atoms with E-state index in [-0.39, 0.29) is 17.1 Å². The van der Waals surface area contributed by atoms with Crippen LogP contribution in [0.3, 0.4) is 0 Å². The van der Waals surface area contributed by atoms with Crippen LogP contribution >= 0.6 is 11.8 Å². The zero-order chi connectivity index (χ0) is 26.8. The Morgan fingerprint density at radius 2 is 1.68 bits per heavy atom. The van der Waals surface area contributed by atoms with Crippen molar-refractivity contribution in [2.24, 2.45) is 0 Å². The van der Waals surface area contributed by atoms with Gasteiger partial charge in [0.2, 0.25) is 0 Å². The number of rotatable bonds is 14. The average Bonchev–Trinajstić information content (AvgIpc) is 3.27. The van der Waals surface area contributed by atoms with Crippen LogP contribution in [0.4, 0.5) is 0 Å². The second-order valence-corrected chi connectivity index (χ2v) is 12.0. The Morgan fingerprint density at radius 1 is 0.973 bits per heavy atom. The number of esters is 1. The van der Waals surface area contributed by atoms with E-state index in [1.54, 1.807) is 11.8 Å². The molecule has 0 bridgehead atoms. The van der Waals surface area contributed by atoms with Crippen molar-refractivity contribution in [2.45, 2.75) is 103 Å². The molecular formula is C30H43N3O3S. The molecule has 0 saturated carbocycles. The molecule has 37 heavy (non-hydrogen) atoms. The molecule has 0 aliphatic heterocycles. The molecule has 1 heterocycles. The predicted octanol–water partition coefficient (Wildman–Crippen LogP) is 7.90. The van der Waals surface area contributed by atoms with E-state index < -0.39 is 0 Å². The largest absolute Gasteiger partial charge is 0.505 e. The molecule has 0 aliphatic carbocycles. The number of thioether (sulfide) groups is 1. The Bertz CT molecular complexity index is 1170. The van der Waals surface area contributed by atoms with Gasteiger partial charge in [0.25, 0.3) is 0 Å². The van der Waals surface area contributed by atoms with E-state index in [0.29, 0.717) is 18.7 Å². The van der Waals surface area contributed by atoms with Crippen LogP contribution in [0.2, 0.25) is 0 Å². The van der Waals surface area contributed by atoms with Gasteiger partial charge in [0.15, 0.2) is 0 Å². The van der Waals surface area contributed by atoms with E-state index >= 15 is 0 Å². The van der Waals surface area contributed by atoms with Crippen LogP contribution < -0.4 is 0 Å². The van der Waals surface area contributed by atoms with Crippen molar-refractivity contribution >= 4 is 28.8 Å². The van der Waals surface area contributed by atoms with Gasteiger partial charge in [-0.15, -0.1) is 26.8 Å². The fourth-order valence-corrected chi connectivity index (χ4v) is 5.17. The van der Waals surface area contributed by atoms with Gasteiger partial charge >= 0.3 is 5.97 Å². The number of aryl methyl sites for hydroxylation is 1. The van der Waals surface area contributed by atoms with Crippen molar-refractivity contribution < 1.29 is 14.6 Å². The SMILES string of the molecule is CCCCCCCCCC(=O)OCCCSc1ccc2nn(-c3cc(C)cc(C(C)(C)C)c3O)nc2c1. The summed E-state index contributed by atoms with van der Waals surface area (Å²) in [6, 6.07) is 9.95. The lowest BCUT2D eigenvalue weighted by molar-refractivity contribution is -0.143. The van der Waals surface area contributed by atoms with Crippen molar-refractivity contribution in [1.82, 2.24) is 15.0 Å². The smallest absolute Gasteiger partial charge is 0.305 e. The first-order valence-electron chi connectivity index (χ1n) is 13.7. The summed E-state index contributed by atoms with van der Waals surface area (Å²) in [5, 5.41) is 20.2. The highest BCUT2D eigenvalue weighted by atomic mass is 32.2. The maximum atomic E-state index is 11.9. The van der Waals surface area contributed by atoms with Gasteiger partial charge in [-0.05, 0) is 55.0 Å². The van der Waals surface area contributed by atoms with Crippen molar-refractivity contribution in [3.8, 4) is 11.4 Å². The normalized spacial score (nSPS) is 11.8. The highest BCUT2D eigenvalue weighted by molar-refractivity contribution is 7.99. The summed E-state index contributed by atoms with van der Waals surface area (Å²) in [5.41, 5.74) is 3.89. The van der Waals surface area contributed by atoms with Crippen LogP contribution in [0.15, 0.2) is 35.2 Å². The molecule has 0 spiro atoms. The van der Waals surface area contributed by atoms with Crippen molar-refractivity contribution in [2.75, 3.05) is 12.4 Å². The van der Waals surface area contributed by atoms with E-state index in [1.807, 2.05) is 37.3 Å². The molecule has 0 unspecified atom stereocenters. The van der Waals surface area contributed by atoms with Crippen LogP contribution in [0, 0.1) is 6.92 Å². The van der Waals surface area contributed by atoms with Gasteiger partial charge < -0.3 is 9.84 Å². The van der Waals surface area contributed by atoms with E-state index in [1.165, 1.54) is 36.9 Å². The Balaban J connectivity index is 1.47. The number of fused-ring (bicyclic) bond motifs is 1. The van der Waals surface area contributed by atoms with Gasteiger partial charge in [0, 0.05) is 22.6 Å². The van der Waals surface area contributed by atoms with E-state index in [4.69, 9.17) is 4.74 Å². The maximum absolute atomic E-state index is 11.9. The molecule has 0 amide bonds. The molecule has 3 rings (SSSR count). The Hall–Kier alpha value is -2.54. The summed E-state index contributed by atoms with van der Waals surface area (Å²) in [4.78, 5) is 14.6. The van der Waals surface area contributed by atoms with Gasteiger partial charge in [-0.2, -0.15) is 0 Å². The third-order valence-electron chi connectivity index (χ3n) is 6.41. The molecule has 1 N–H and O–H groups in total. The van der Waals surface area contributed by atoms with Crippen LogP contribution in [-0.2, 0) is 14.9 Å². The number of nitrogens with zero attached hydrogens (tertiary/aromatic N) is 3. The molecule has 0 atom stereocenters. The Kier molecular flexibility index (Phi) is 10.9. The molecule has 6 nitrogen and oxygen atoms in total. The molecule has 7 heteroatoms. The molecular weight excluding hydrogens is 482 g/mol. The van der Waals surface area contributed by atoms with E-state index in [0.717, 1.165) is 52.1 Å². The summed E-state index contributed by atoms with van der Waals surface area (Å²) in [5.74, 6) is 0.998. The molecule has 2 aromatic carbocycles. The predicted molar refractivity (Wildman–Crippen MR) is 153 cm³/mol. The fourth-order valence-electron chi connectivity index (χ4n) is 4.31. The van der Waals surface area contributed by atoms with Crippen molar-refractivity contribution in [1.29, 1.82) is 0 Å². The van der Waals surface area contributed by atoms with Crippen LogP contribution in [-0.4, -0.2) is 38.4 Å². The molecule has 0 fully saturated rings. The number of benzene rings is 2. The Labute approximate surface area is 226 Å². The quantitative estimate of drug-likeness (QED) is 0.131. The summed E-state index contributed by atoms with van der Waals surface area (Å²) in [7, 11) is 0. The summed E-state index contributed by atoms with van der Waals surface area (Å²) >= 11 is 1.72. The summed E-state index contributed by atoms with van der Waals surface area (Å²) in [6.45, 7) is 11.0. The molecule has 0 radical (unpaired) electrons. The number of carbonyl (C=O) groups excluding carboxylic acids is 1. The molecule has 202 valence electrons. The summed E-state index contributed by atoms with van der Waals surface area (Å²) in [6.07, 6.45) is 9.75. The van der Waals surface area contributed by atoms with E-state index in [2.05, 4.69) is 37.9 Å². The zero-order valence-corrected chi connectivity index (χ0v) is 24.0. The lowest BCUT2D eigenvalue weighted by Gasteiger charge is -2.22. The number of phenolic OH excluding ortho intramolecular Hbond substituents is 1. The maximum Gasteiger partial charge on any atom is 0.305 e. The van der Waals surface area contributed by atoms with E-state index in [9.17, 15) is 9.90 Å². The lowest BCUT2D eigenvalue weighted by Crippen LogP contribution is -2.13. The molecule has 0 saturated heterocycles. The minimum atomic E-state index is -0.191. The number of hydrogen-bond acceptors (Lipinski definition) is 6. The standard InChI is InChI=1S/C30H43N3O3S/c1-6-7-8-9-10-11-12-14-28(34)36-17-13-18-37-23-15-16-25-26(21-23)32-33(31-25)27-20-22(2)19-24(29(27)35)30(3,4)5/h15-16,19-21,35H,6-14,17-18H2,1-5H3. The third kappa shape index (κ3) is 8.77.